The van der Waals surface area contributed by atoms with E-state index in [2.05, 4.69) is 53.2 Å². The average molecular weight is 223 g/mol. The summed E-state index contributed by atoms with van der Waals surface area (Å²) in [4.78, 5) is 0. The summed E-state index contributed by atoms with van der Waals surface area (Å²) in [5, 5.41) is 0. The van der Waals surface area contributed by atoms with Gasteiger partial charge in [0.25, 0.3) is 0 Å². The van der Waals surface area contributed by atoms with Gasteiger partial charge in [0.05, 0.1) is 0 Å². The summed E-state index contributed by atoms with van der Waals surface area (Å²) in [6.07, 6.45) is 5.63. The van der Waals surface area contributed by atoms with E-state index in [1.54, 1.807) is 0 Å². The maximum Gasteiger partial charge on any atom is 0.0181 e. The van der Waals surface area contributed by atoms with Gasteiger partial charge in [-0.3, -0.25) is 0 Å². The monoisotopic (exact) mass is 222 g/mol. The summed E-state index contributed by atoms with van der Waals surface area (Å²) in [6.45, 7) is 2.27. The van der Waals surface area contributed by atoms with Crippen LogP contribution in [0.1, 0.15) is 30.4 Å². The minimum absolute atomic E-state index is 0.679. The molecular weight excluding hydrogens is 212 g/mol. The third-order valence-electron chi connectivity index (χ3n) is 2.37. The molecule has 1 aliphatic carbocycles. The Labute approximate surface area is 81.4 Å². The summed E-state index contributed by atoms with van der Waals surface area (Å²) in [5.41, 5.74) is 2.84. The lowest BCUT2D eigenvalue weighted by Gasteiger charge is -2.17. The van der Waals surface area contributed by atoms with Crippen molar-refractivity contribution in [3.05, 3.63) is 39.9 Å². The van der Waals surface area contributed by atoms with Crippen LogP contribution in [0.25, 0.3) is 6.08 Å². The Morgan fingerprint density at radius 1 is 1.42 bits per heavy atom. The van der Waals surface area contributed by atoms with Crippen LogP contribution in [0.4, 0.5) is 0 Å². The lowest BCUT2D eigenvalue weighted by atomic mass is 9.89. The molecule has 0 nitrogen and oxygen atoms in total. The van der Waals surface area contributed by atoms with E-state index in [9.17, 15) is 0 Å². The zero-order valence-electron chi connectivity index (χ0n) is 7.05. The van der Waals surface area contributed by atoms with Crippen molar-refractivity contribution in [3.8, 4) is 0 Å². The molecule has 1 heteroatoms. The van der Waals surface area contributed by atoms with Crippen molar-refractivity contribution >= 4 is 22.0 Å². The molecule has 0 aliphatic heterocycles. The van der Waals surface area contributed by atoms with E-state index in [4.69, 9.17) is 0 Å². The highest BCUT2D eigenvalue weighted by Gasteiger charge is 2.11. The Bertz CT molecular complexity index is 326. The summed E-state index contributed by atoms with van der Waals surface area (Å²) in [6, 6.07) is 6.52. The van der Waals surface area contributed by atoms with Crippen LogP contribution in [0.2, 0.25) is 0 Å². The fraction of sp³-hybridized carbons (Fsp3) is 0.273. The molecule has 1 atom stereocenters. The van der Waals surface area contributed by atoms with Crippen LogP contribution in [-0.4, -0.2) is 0 Å². The number of allylic oxidation sites excluding steroid dienone is 1. The number of fused-ring (bicyclic) bond motifs is 1. The van der Waals surface area contributed by atoms with Crippen molar-refractivity contribution in [2.24, 2.45) is 0 Å². The molecule has 62 valence electrons. The standard InChI is InChI=1S/C11H11Br/c1-8-3-2-4-9-7-10(12)5-6-11(8)9/h2,4-8H,3H2,1H3. The molecule has 0 saturated carbocycles. The SMILES string of the molecule is CC1CC=Cc2cc(Br)ccc21. The quantitative estimate of drug-likeness (QED) is 0.624. The molecule has 1 aromatic carbocycles. The molecule has 2 rings (SSSR count). The smallest absolute Gasteiger partial charge is 0.0181 e. The van der Waals surface area contributed by atoms with Crippen LogP contribution >= 0.6 is 15.9 Å². The second-order valence-electron chi connectivity index (χ2n) is 3.31. The minimum atomic E-state index is 0.679. The number of halogens is 1. The van der Waals surface area contributed by atoms with Crippen LogP contribution in [0.3, 0.4) is 0 Å². The fourth-order valence-electron chi connectivity index (χ4n) is 1.66. The van der Waals surface area contributed by atoms with Gasteiger partial charge in [-0.2, -0.15) is 0 Å². The first kappa shape index (κ1) is 8.06. The number of hydrogen-bond donors (Lipinski definition) is 0. The molecule has 0 aromatic heterocycles. The van der Waals surface area contributed by atoms with Crippen molar-refractivity contribution in [2.45, 2.75) is 19.3 Å². The van der Waals surface area contributed by atoms with Gasteiger partial charge in [0, 0.05) is 4.47 Å². The first-order valence-corrected chi connectivity index (χ1v) is 5.02. The first-order valence-electron chi connectivity index (χ1n) is 4.23. The van der Waals surface area contributed by atoms with Gasteiger partial charge in [0.15, 0.2) is 0 Å². The van der Waals surface area contributed by atoms with E-state index in [1.807, 2.05) is 0 Å². The van der Waals surface area contributed by atoms with Crippen LogP contribution in [-0.2, 0) is 0 Å². The van der Waals surface area contributed by atoms with Crippen LogP contribution < -0.4 is 0 Å². The van der Waals surface area contributed by atoms with Crippen molar-refractivity contribution in [1.82, 2.24) is 0 Å². The Morgan fingerprint density at radius 3 is 3.08 bits per heavy atom. The van der Waals surface area contributed by atoms with Gasteiger partial charge < -0.3 is 0 Å². The molecule has 1 aromatic rings. The third kappa shape index (κ3) is 1.34. The summed E-state index contributed by atoms with van der Waals surface area (Å²) >= 11 is 3.48. The zero-order chi connectivity index (χ0) is 8.55. The van der Waals surface area contributed by atoms with Gasteiger partial charge >= 0.3 is 0 Å². The largest absolute Gasteiger partial charge is 0.0833 e. The summed E-state index contributed by atoms with van der Waals surface area (Å²) in [5.74, 6) is 0.679. The van der Waals surface area contributed by atoms with Crippen molar-refractivity contribution < 1.29 is 0 Å². The van der Waals surface area contributed by atoms with E-state index in [-0.39, 0.29) is 0 Å². The normalized spacial score (nSPS) is 20.7. The third-order valence-corrected chi connectivity index (χ3v) is 2.86. The van der Waals surface area contributed by atoms with Crippen LogP contribution in [0, 0.1) is 0 Å². The molecule has 1 unspecified atom stereocenters. The van der Waals surface area contributed by atoms with Gasteiger partial charge in [-0.15, -0.1) is 0 Å². The van der Waals surface area contributed by atoms with E-state index in [0.717, 1.165) is 0 Å². The van der Waals surface area contributed by atoms with Gasteiger partial charge in [0.2, 0.25) is 0 Å². The highest BCUT2D eigenvalue weighted by Crippen LogP contribution is 2.30. The zero-order valence-corrected chi connectivity index (χ0v) is 8.64. The van der Waals surface area contributed by atoms with Gasteiger partial charge in [-0.1, -0.05) is 41.1 Å². The number of rotatable bonds is 0. The molecule has 1 aliphatic rings. The van der Waals surface area contributed by atoms with Gasteiger partial charge in [-0.05, 0) is 35.6 Å². The van der Waals surface area contributed by atoms with E-state index >= 15 is 0 Å². The minimum Gasteiger partial charge on any atom is -0.0833 e. The lowest BCUT2D eigenvalue weighted by Crippen LogP contribution is -1.98. The number of benzene rings is 1. The maximum atomic E-state index is 3.48. The molecule has 0 N–H and O–H groups in total. The Kier molecular flexibility index (Phi) is 2.05. The van der Waals surface area contributed by atoms with E-state index in [1.165, 1.54) is 22.0 Å². The lowest BCUT2D eigenvalue weighted by molar-refractivity contribution is 0.771. The van der Waals surface area contributed by atoms with E-state index in [0.29, 0.717) is 5.92 Å². The predicted octanol–water partition coefficient (Wildman–Crippen LogP) is 3.97. The van der Waals surface area contributed by atoms with Gasteiger partial charge in [-0.25, -0.2) is 0 Å². The maximum absolute atomic E-state index is 3.48. The molecule has 12 heavy (non-hydrogen) atoms. The summed E-state index contributed by atoms with van der Waals surface area (Å²) < 4.78 is 1.17. The van der Waals surface area contributed by atoms with E-state index < -0.39 is 0 Å². The molecule has 0 bridgehead atoms. The molecule has 0 saturated heterocycles. The molecule has 0 heterocycles. The summed E-state index contributed by atoms with van der Waals surface area (Å²) in [7, 11) is 0. The second kappa shape index (κ2) is 3.06. The topological polar surface area (TPSA) is 0 Å². The number of hydrogen-bond acceptors (Lipinski definition) is 0. The Balaban J connectivity index is 2.55. The van der Waals surface area contributed by atoms with Gasteiger partial charge in [0.1, 0.15) is 0 Å². The molecule has 0 radical (unpaired) electrons. The highest BCUT2D eigenvalue weighted by molar-refractivity contribution is 9.10. The van der Waals surface area contributed by atoms with Crippen LogP contribution in [0.5, 0.6) is 0 Å². The molecule has 0 fully saturated rings. The fourth-order valence-corrected chi connectivity index (χ4v) is 2.04. The average Bonchev–Trinajstić information content (AvgIpc) is 2.04. The predicted molar refractivity (Wildman–Crippen MR) is 56.2 cm³/mol. The van der Waals surface area contributed by atoms with Crippen molar-refractivity contribution in [2.75, 3.05) is 0 Å². The molecular formula is C11H11Br. The Morgan fingerprint density at radius 2 is 2.25 bits per heavy atom. The highest BCUT2D eigenvalue weighted by atomic mass is 79.9. The molecule has 0 amide bonds. The molecule has 0 spiro atoms. The van der Waals surface area contributed by atoms with Crippen molar-refractivity contribution in [1.29, 1.82) is 0 Å². The second-order valence-corrected chi connectivity index (χ2v) is 4.23. The van der Waals surface area contributed by atoms with Crippen LogP contribution in [0.15, 0.2) is 28.7 Å². The van der Waals surface area contributed by atoms with Crippen molar-refractivity contribution in [3.63, 3.8) is 0 Å². The first-order chi connectivity index (χ1) is 5.77. The Hall–Kier alpha value is -0.560.